The van der Waals surface area contributed by atoms with Crippen molar-refractivity contribution in [3.63, 3.8) is 0 Å². The van der Waals surface area contributed by atoms with E-state index in [-0.39, 0.29) is 17.9 Å². The van der Waals surface area contributed by atoms with E-state index in [0.717, 1.165) is 5.69 Å². The van der Waals surface area contributed by atoms with E-state index in [1.54, 1.807) is 16.7 Å². The first-order valence-corrected chi connectivity index (χ1v) is 9.44. The van der Waals surface area contributed by atoms with E-state index in [0.29, 0.717) is 25.9 Å². The van der Waals surface area contributed by atoms with Crippen molar-refractivity contribution in [3.05, 3.63) is 24.3 Å². The number of hydrogen-bond donors (Lipinski definition) is 1. The number of ether oxygens (including phenoxy) is 1. The quantitative estimate of drug-likeness (QED) is 0.837. The summed E-state index contributed by atoms with van der Waals surface area (Å²) in [7, 11) is 0. The van der Waals surface area contributed by atoms with Gasteiger partial charge in [-0.25, -0.2) is 4.79 Å². The van der Waals surface area contributed by atoms with Gasteiger partial charge in [0.25, 0.3) is 0 Å². The Hall–Kier alpha value is -1.69. The van der Waals surface area contributed by atoms with E-state index in [9.17, 15) is 9.59 Å². The second kappa shape index (κ2) is 7.92. The number of nitrogens with zero attached hydrogens (tertiary/aromatic N) is 1. The highest BCUT2D eigenvalue weighted by molar-refractivity contribution is 7.98. The number of benzene rings is 1. The topological polar surface area (TPSA) is 58.6 Å². The molecule has 5 nitrogen and oxygen atoms in total. The zero-order chi connectivity index (χ0) is 17.7. The van der Waals surface area contributed by atoms with Crippen LogP contribution in [0, 0.1) is 5.92 Å². The van der Waals surface area contributed by atoms with Crippen LogP contribution in [0.5, 0.6) is 0 Å². The van der Waals surface area contributed by atoms with E-state index in [2.05, 4.69) is 5.32 Å². The smallest absolute Gasteiger partial charge is 0.410 e. The van der Waals surface area contributed by atoms with Gasteiger partial charge >= 0.3 is 6.09 Å². The average Bonchev–Trinajstić information content (AvgIpc) is 2.54. The number of nitrogens with one attached hydrogen (secondary N) is 1. The van der Waals surface area contributed by atoms with Crippen LogP contribution in [-0.2, 0) is 9.53 Å². The second-order valence-corrected chi connectivity index (χ2v) is 7.84. The van der Waals surface area contributed by atoms with Gasteiger partial charge in [0.2, 0.25) is 5.91 Å². The number of amides is 2. The minimum absolute atomic E-state index is 0.0238. The molecule has 1 aromatic carbocycles. The van der Waals surface area contributed by atoms with Gasteiger partial charge in [-0.2, -0.15) is 0 Å². The van der Waals surface area contributed by atoms with Gasteiger partial charge in [0.1, 0.15) is 5.60 Å². The van der Waals surface area contributed by atoms with Crippen LogP contribution in [-0.4, -0.2) is 41.8 Å². The Labute approximate surface area is 148 Å². The molecule has 1 N–H and O–H groups in total. The Kier molecular flexibility index (Phi) is 6.15. The highest BCUT2D eigenvalue weighted by Gasteiger charge is 2.29. The summed E-state index contributed by atoms with van der Waals surface area (Å²) in [4.78, 5) is 27.3. The normalized spacial score (nSPS) is 15.9. The third kappa shape index (κ3) is 5.44. The summed E-state index contributed by atoms with van der Waals surface area (Å²) in [5.74, 6) is -0.0420. The highest BCUT2D eigenvalue weighted by atomic mass is 32.2. The van der Waals surface area contributed by atoms with Crippen LogP contribution in [0.4, 0.5) is 10.5 Å². The molecule has 2 amide bonds. The fourth-order valence-corrected chi connectivity index (χ4v) is 2.98. The molecule has 1 saturated heterocycles. The molecule has 0 bridgehead atoms. The van der Waals surface area contributed by atoms with Crippen LogP contribution in [0.1, 0.15) is 33.6 Å². The lowest BCUT2D eigenvalue weighted by Gasteiger charge is -2.32. The molecule has 0 spiro atoms. The van der Waals surface area contributed by atoms with Gasteiger partial charge in [0.05, 0.1) is 0 Å². The number of hydrogen-bond acceptors (Lipinski definition) is 4. The molecule has 24 heavy (non-hydrogen) atoms. The van der Waals surface area contributed by atoms with E-state index < -0.39 is 5.60 Å². The minimum Gasteiger partial charge on any atom is -0.444 e. The van der Waals surface area contributed by atoms with Gasteiger partial charge < -0.3 is 15.0 Å². The Morgan fingerprint density at radius 2 is 1.75 bits per heavy atom. The summed E-state index contributed by atoms with van der Waals surface area (Å²) in [6.45, 7) is 6.67. The molecule has 0 saturated carbocycles. The number of thioether (sulfide) groups is 1. The van der Waals surface area contributed by atoms with Gasteiger partial charge in [-0.05, 0) is 64.1 Å². The van der Waals surface area contributed by atoms with Crippen LogP contribution in [0.15, 0.2) is 29.2 Å². The molecule has 0 aromatic heterocycles. The van der Waals surface area contributed by atoms with Crippen molar-refractivity contribution in [2.45, 2.75) is 44.1 Å². The third-order valence-corrected chi connectivity index (χ3v) is 4.62. The van der Waals surface area contributed by atoms with Crippen LogP contribution in [0.2, 0.25) is 0 Å². The maximum atomic E-state index is 12.4. The molecule has 6 heteroatoms. The predicted octanol–water partition coefficient (Wildman–Crippen LogP) is 3.99. The molecule has 0 atom stereocenters. The maximum absolute atomic E-state index is 12.4. The zero-order valence-corrected chi connectivity index (χ0v) is 15.6. The SMILES string of the molecule is CSc1ccc(NC(=O)C2CCN(C(=O)OC(C)(C)C)CC2)cc1. The predicted molar refractivity (Wildman–Crippen MR) is 97.4 cm³/mol. The van der Waals surface area contributed by atoms with Crippen LogP contribution in [0.25, 0.3) is 0 Å². The molecule has 1 fully saturated rings. The molecule has 0 unspecified atom stereocenters. The average molecular weight is 350 g/mol. The Morgan fingerprint density at radius 1 is 1.17 bits per heavy atom. The zero-order valence-electron chi connectivity index (χ0n) is 14.8. The Balaban J connectivity index is 1.82. The molecule has 2 rings (SSSR count). The van der Waals surface area contributed by atoms with Gasteiger partial charge in [0, 0.05) is 29.6 Å². The van der Waals surface area contributed by atoms with Gasteiger partial charge in [-0.1, -0.05) is 0 Å². The van der Waals surface area contributed by atoms with Crippen LogP contribution < -0.4 is 5.32 Å². The lowest BCUT2D eigenvalue weighted by molar-refractivity contribution is -0.121. The number of rotatable bonds is 3. The van der Waals surface area contributed by atoms with Gasteiger partial charge in [0.15, 0.2) is 0 Å². The highest BCUT2D eigenvalue weighted by Crippen LogP contribution is 2.22. The summed E-state index contributed by atoms with van der Waals surface area (Å²) in [6, 6.07) is 7.82. The summed E-state index contributed by atoms with van der Waals surface area (Å²) >= 11 is 1.67. The summed E-state index contributed by atoms with van der Waals surface area (Å²) in [5.41, 5.74) is 0.321. The second-order valence-electron chi connectivity index (χ2n) is 6.96. The van der Waals surface area contributed by atoms with Crippen molar-refractivity contribution in [3.8, 4) is 0 Å². The number of piperidine rings is 1. The number of likely N-dealkylation sites (tertiary alicyclic amines) is 1. The fraction of sp³-hybridized carbons (Fsp3) is 0.556. The minimum atomic E-state index is -0.492. The first kappa shape index (κ1) is 18.6. The number of anilines is 1. The summed E-state index contributed by atoms with van der Waals surface area (Å²) in [5, 5.41) is 2.96. The molecular weight excluding hydrogens is 324 g/mol. The first-order chi connectivity index (χ1) is 11.3. The largest absolute Gasteiger partial charge is 0.444 e. The van der Waals surface area contributed by atoms with Crippen molar-refractivity contribution >= 4 is 29.4 Å². The monoisotopic (exact) mass is 350 g/mol. The Bertz CT molecular complexity index is 573. The third-order valence-electron chi connectivity index (χ3n) is 3.87. The van der Waals surface area contributed by atoms with Crippen molar-refractivity contribution in [2.75, 3.05) is 24.7 Å². The lowest BCUT2D eigenvalue weighted by Crippen LogP contribution is -2.43. The number of carbonyl (C=O) groups excluding carboxylic acids is 2. The van der Waals surface area contributed by atoms with Crippen molar-refractivity contribution in [1.29, 1.82) is 0 Å². The first-order valence-electron chi connectivity index (χ1n) is 8.21. The van der Waals surface area contributed by atoms with Gasteiger partial charge in [-0.3, -0.25) is 4.79 Å². The van der Waals surface area contributed by atoms with E-state index in [4.69, 9.17) is 4.74 Å². The standard InChI is InChI=1S/C18H26N2O3S/c1-18(2,3)23-17(22)20-11-9-13(10-12-20)16(21)19-14-5-7-15(24-4)8-6-14/h5-8,13H,9-12H2,1-4H3,(H,19,21). The number of carbonyl (C=O) groups is 2. The van der Waals surface area contributed by atoms with E-state index in [1.165, 1.54) is 4.90 Å². The lowest BCUT2D eigenvalue weighted by atomic mass is 9.96. The molecule has 0 aliphatic carbocycles. The van der Waals surface area contributed by atoms with Crippen molar-refractivity contribution in [1.82, 2.24) is 4.90 Å². The van der Waals surface area contributed by atoms with Crippen molar-refractivity contribution < 1.29 is 14.3 Å². The molecular formula is C18H26N2O3S. The summed E-state index contributed by atoms with van der Waals surface area (Å²) in [6.07, 6.45) is 3.04. The maximum Gasteiger partial charge on any atom is 0.410 e. The van der Waals surface area contributed by atoms with Gasteiger partial charge in [-0.15, -0.1) is 11.8 Å². The van der Waals surface area contributed by atoms with Crippen LogP contribution in [0.3, 0.4) is 0 Å². The van der Waals surface area contributed by atoms with E-state index >= 15 is 0 Å². The fourth-order valence-electron chi connectivity index (χ4n) is 2.57. The van der Waals surface area contributed by atoms with Crippen molar-refractivity contribution in [2.24, 2.45) is 5.92 Å². The molecule has 1 aliphatic heterocycles. The summed E-state index contributed by atoms with van der Waals surface area (Å²) < 4.78 is 5.37. The van der Waals surface area contributed by atoms with E-state index in [1.807, 2.05) is 51.3 Å². The molecule has 132 valence electrons. The molecule has 1 aliphatic rings. The Morgan fingerprint density at radius 3 is 2.25 bits per heavy atom. The molecule has 1 aromatic rings. The van der Waals surface area contributed by atoms with Crippen LogP contribution >= 0.6 is 11.8 Å². The molecule has 0 radical (unpaired) electrons. The molecule has 1 heterocycles.